The maximum absolute atomic E-state index is 12.3. The number of H-pyrrole nitrogens is 1. The molecular weight excluding hydrogens is 232 g/mol. The Morgan fingerprint density at radius 1 is 1.61 bits per heavy atom. The number of carbonyl (C=O) groups excluding carboxylic acids is 1. The van der Waals surface area contributed by atoms with Crippen molar-refractivity contribution in [1.82, 2.24) is 9.88 Å². The Hall–Kier alpha value is -1.75. The fourth-order valence-electron chi connectivity index (χ4n) is 2.37. The molecule has 2 aromatic rings. The average molecular weight is 248 g/mol. The molecule has 2 aromatic heterocycles. The molecule has 0 radical (unpaired) electrons. The lowest BCUT2D eigenvalue weighted by Gasteiger charge is -2.34. The van der Waals surface area contributed by atoms with Gasteiger partial charge in [-0.3, -0.25) is 4.79 Å². The number of aromatic amines is 1. The van der Waals surface area contributed by atoms with Crippen molar-refractivity contribution in [2.75, 3.05) is 13.1 Å². The number of nitrogens with one attached hydrogen (secondary N) is 1. The van der Waals surface area contributed by atoms with E-state index in [0.717, 1.165) is 11.9 Å². The number of aromatic nitrogens is 1. The van der Waals surface area contributed by atoms with Gasteiger partial charge in [-0.1, -0.05) is 6.92 Å². The summed E-state index contributed by atoms with van der Waals surface area (Å²) in [6.45, 7) is 3.10. The van der Waals surface area contributed by atoms with Crippen molar-refractivity contribution in [1.29, 1.82) is 0 Å². The van der Waals surface area contributed by atoms with Gasteiger partial charge >= 0.3 is 0 Å². The third-order valence-electron chi connectivity index (χ3n) is 3.68. The van der Waals surface area contributed by atoms with Gasteiger partial charge in [0.1, 0.15) is 5.69 Å². The first-order valence-electron chi connectivity index (χ1n) is 6.18. The predicted molar refractivity (Wildman–Crippen MR) is 66.3 cm³/mol. The molecule has 1 aliphatic rings. The zero-order valence-electron chi connectivity index (χ0n) is 10.2. The number of carbonyl (C=O) groups is 1. The van der Waals surface area contributed by atoms with Crippen LogP contribution >= 0.6 is 0 Å². The van der Waals surface area contributed by atoms with Gasteiger partial charge in [0.15, 0.2) is 5.58 Å². The fraction of sp³-hybridized carbons (Fsp3) is 0.462. The molecule has 0 saturated carbocycles. The number of furan rings is 1. The van der Waals surface area contributed by atoms with Gasteiger partial charge in [-0.25, -0.2) is 0 Å². The third-order valence-corrected chi connectivity index (χ3v) is 3.68. The van der Waals surface area contributed by atoms with E-state index in [1.54, 1.807) is 23.3 Å². The van der Waals surface area contributed by atoms with Crippen LogP contribution in [-0.2, 0) is 0 Å². The molecule has 18 heavy (non-hydrogen) atoms. The molecule has 0 bridgehead atoms. The normalized spacial score (nSPS) is 24.7. The van der Waals surface area contributed by atoms with Crippen molar-refractivity contribution >= 4 is 17.0 Å². The van der Waals surface area contributed by atoms with E-state index in [1.165, 1.54) is 0 Å². The Morgan fingerprint density at radius 2 is 2.44 bits per heavy atom. The molecule has 3 heterocycles. The summed E-state index contributed by atoms with van der Waals surface area (Å²) in [6, 6.07) is 3.50. The predicted octanol–water partition coefficient (Wildman–Crippen LogP) is 1.60. The van der Waals surface area contributed by atoms with E-state index >= 15 is 0 Å². The first-order chi connectivity index (χ1) is 8.65. The van der Waals surface area contributed by atoms with E-state index in [0.29, 0.717) is 24.4 Å². The van der Waals surface area contributed by atoms with Crippen LogP contribution in [0.15, 0.2) is 22.8 Å². The van der Waals surface area contributed by atoms with E-state index in [4.69, 9.17) is 4.42 Å². The summed E-state index contributed by atoms with van der Waals surface area (Å²) in [6.07, 6.45) is 1.99. The number of aliphatic hydroxyl groups excluding tert-OH is 1. The van der Waals surface area contributed by atoms with Crippen molar-refractivity contribution in [3.05, 3.63) is 24.1 Å². The van der Waals surface area contributed by atoms with Gasteiger partial charge in [-0.05, 0) is 12.3 Å². The summed E-state index contributed by atoms with van der Waals surface area (Å²) in [5.74, 6) is 0.182. The molecule has 5 nitrogen and oxygen atoms in total. The average Bonchev–Trinajstić information content (AvgIpc) is 2.92. The van der Waals surface area contributed by atoms with Gasteiger partial charge in [0, 0.05) is 25.2 Å². The molecule has 5 heteroatoms. The second kappa shape index (κ2) is 4.17. The van der Waals surface area contributed by atoms with Crippen LogP contribution in [0.5, 0.6) is 0 Å². The number of rotatable bonds is 1. The Balaban J connectivity index is 1.80. The van der Waals surface area contributed by atoms with Crippen LogP contribution in [0.25, 0.3) is 11.1 Å². The fourth-order valence-corrected chi connectivity index (χ4v) is 2.37. The number of hydrogen-bond acceptors (Lipinski definition) is 3. The quantitative estimate of drug-likeness (QED) is 0.805. The summed E-state index contributed by atoms with van der Waals surface area (Å²) in [7, 11) is 0. The molecule has 1 amide bonds. The van der Waals surface area contributed by atoms with Crippen LogP contribution in [0.1, 0.15) is 23.8 Å². The van der Waals surface area contributed by atoms with Gasteiger partial charge in [-0.15, -0.1) is 0 Å². The molecule has 96 valence electrons. The number of nitrogens with zero attached hydrogens (tertiary/aromatic N) is 1. The van der Waals surface area contributed by atoms with Crippen LogP contribution in [0, 0.1) is 5.92 Å². The largest absolute Gasteiger partial charge is 0.463 e. The van der Waals surface area contributed by atoms with Crippen LogP contribution < -0.4 is 0 Å². The molecule has 1 saturated heterocycles. The van der Waals surface area contributed by atoms with E-state index in [1.807, 2.05) is 6.92 Å². The second-order valence-corrected chi connectivity index (χ2v) is 4.97. The van der Waals surface area contributed by atoms with Gasteiger partial charge in [0.2, 0.25) is 0 Å². The van der Waals surface area contributed by atoms with E-state index in [2.05, 4.69) is 4.98 Å². The number of fused-ring (bicyclic) bond motifs is 1. The molecule has 0 aliphatic carbocycles. The van der Waals surface area contributed by atoms with Crippen molar-refractivity contribution in [3.63, 3.8) is 0 Å². The van der Waals surface area contributed by atoms with Crippen molar-refractivity contribution in [3.8, 4) is 0 Å². The standard InChI is InChI=1S/C13H16N2O3/c1-8-2-4-15(7-11(8)16)13(17)10-6-12-9(14-10)3-5-18-12/h3,5-6,8,11,14,16H,2,4,7H2,1H3. The van der Waals surface area contributed by atoms with E-state index in [-0.39, 0.29) is 11.8 Å². The van der Waals surface area contributed by atoms with Gasteiger partial charge in [0.25, 0.3) is 5.91 Å². The number of amides is 1. The van der Waals surface area contributed by atoms with Gasteiger partial charge in [-0.2, -0.15) is 0 Å². The first-order valence-corrected chi connectivity index (χ1v) is 6.18. The number of piperidine rings is 1. The van der Waals surface area contributed by atoms with Crippen LogP contribution in [0.3, 0.4) is 0 Å². The monoisotopic (exact) mass is 248 g/mol. The molecule has 2 unspecified atom stereocenters. The minimum absolute atomic E-state index is 0.0765. The second-order valence-electron chi connectivity index (χ2n) is 4.97. The zero-order valence-corrected chi connectivity index (χ0v) is 10.2. The molecule has 0 spiro atoms. The molecule has 2 atom stereocenters. The zero-order chi connectivity index (χ0) is 12.7. The third kappa shape index (κ3) is 1.80. The number of aliphatic hydroxyl groups is 1. The van der Waals surface area contributed by atoms with Crippen LogP contribution in [0.2, 0.25) is 0 Å². The molecule has 1 fully saturated rings. The summed E-state index contributed by atoms with van der Waals surface area (Å²) >= 11 is 0. The molecule has 0 aromatic carbocycles. The molecule has 3 rings (SSSR count). The Kier molecular flexibility index (Phi) is 2.63. The highest BCUT2D eigenvalue weighted by Gasteiger charge is 2.28. The number of hydrogen-bond donors (Lipinski definition) is 2. The molecule has 1 aliphatic heterocycles. The van der Waals surface area contributed by atoms with Crippen molar-refractivity contribution in [2.45, 2.75) is 19.4 Å². The topological polar surface area (TPSA) is 69.5 Å². The Labute approximate surface area is 104 Å². The SMILES string of the molecule is CC1CCN(C(=O)c2cc3occc3[nH]2)CC1O. The summed E-state index contributed by atoms with van der Waals surface area (Å²) in [5, 5.41) is 9.82. The molecule has 2 N–H and O–H groups in total. The van der Waals surface area contributed by atoms with Crippen LogP contribution in [-0.4, -0.2) is 40.1 Å². The van der Waals surface area contributed by atoms with Crippen LogP contribution in [0.4, 0.5) is 0 Å². The van der Waals surface area contributed by atoms with Crippen molar-refractivity contribution in [2.24, 2.45) is 5.92 Å². The van der Waals surface area contributed by atoms with Gasteiger partial charge in [0.05, 0.1) is 17.9 Å². The van der Waals surface area contributed by atoms with E-state index in [9.17, 15) is 9.90 Å². The lowest BCUT2D eigenvalue weighted by molar-refractivity contribution is 0.0246. The maximum atomic E-state index is 12.3. The highest BCUT2D eigenvalue weighted by atomic mass is 16.3. The maximum Gasteiger partial charge on any atom is 0.270 e. The summed E-state index contributed by atoms with van der Waals surface area (Å²) in [4.78, 5) is 17.0. The van der Waals surface area contributed by atoms with E-state index < -0.39 is 6.10 Å². The Morgan fingerprint density at radius 3 is 3.17 bits per heavy atom. The summed E-state index contributed by atoms with van der Waals surface area (Å²) in [5.41, 5.74) is 2.03. The first kappa shape index (κ1) is 11.3. The smallest absolute Gasteiger partial charge is 0.270 e. The van der Waals surface area contributed by atoms with Crippen molar-refractivity contribution < 1.29 is 14.3 Å². The number of β-amino-alcohol motifs (C(OH)–C–C–N with tert-alkyl or cyclic N) is 1. The molecular formula is C13H16N2O3. The minimum atomic E-state index is -0.430. The number of likely N-dealkylation sites (tertiary alicyclic amines) is 1. The van der Waals surface area contributed by atoms with Gasteiger partial charge < -0.3 is 19.4 Å². The minimum Gasteiger partial charge on any atom is -0.463 e. The summed E-state index contributed by atoms with van der Waals surface area (Å²) < 4.78 is 5.22. The lowest BCUT2D eigenvalue weighted by Crippen LogP contribution is -2.45. The highest BCUT2D eigenvalue weighted by Crippen LogP contribution is 2.21. The lowest BCUT2D eigenvalue weighted by atomic mass is 9.96. The highest BCUT2D eigenvalue weighted by molar-refractivity contribution is 5.96. The Bertz CT molecular complexity index is 543.